The van der Waals surface area contributed by atoms with E-state index in [9.17, 15) is 9.59 Å². The second kappa shape index (κ2) is 8.02. The van der Waals surface area contributed by atoms with Crippen molar-refractivity contribution in [3.63, 3.8) is 0 Å². The highest BCUT2D eigenvalue weighted by molar-refractivity contribution is 6.29. The van der Waals surface area contributed by atoms with Gasteiger partial charge in [-0.1, -0.05) is 11.6 Å². The fourth-order valence-electron chi connectivity index (χ4n) is 3.58. The molecule has 1 aliphatic heterocycles. The standard InChI is InChI=1S/C19H25ClN4O3/c20-17-7-16(22-14-9-27-10-14)15(8-21-17)19(26)24-12-3-1-11(2-4-12)18(25)23-13-5-6-13/h7-8,11-14H,1-6,9-10H2,(H,21,22)(H,23,25)(H,24,26). The zero-order valence-corrected chi connectivity index (χ0v) is 15.9. The monoisotopic (exact) mass is 392 g/mol. The van der Waals surface area contributed by atoms with Gasteiger partial charge in [-0.05, 0) is 44.6 Å². The Hall–Kier alpha value is -1.86. The van der Waals surface area contributed by atoms with Gasteiger partial charge in [0.05, 0.1) is 30.5 Å². The number of rotatable bonds is 6. The van der Waals surface area contributed by atoms with E-state index in [2.05, 4.69) is 20.9 Å². The fraction of sp³-hybridized carbons (Fsp3) is 0.632. The predicted octanol–water partition coefficient (Wildman–Crippen LogP) is 2.11. The Kier molecular flexibility index (Phi) is 5.50. The summed E-state index contributed by atoms with van der Waals surface area (Å²) in [4.78, 5) is 29.0. The summed E-state index contributed by atoms with van der Waals surface area (Å²) < 4.78 is 5.17. The van der Waals surface area contributed by atoms with Gasteiger partial charge in [-0.15, -0.1) is 0 Å². The molecular formula is C19H25ClN4O3. The van der Waals surface area contributed by atoms with Crippen molar-refractivity contribution in [3.05, 3.63) is 23.0 Å². The van der Waals surface area contributed by atoms with Gasteiger partial charge in [0, 0.05) is 24.2 Å². The van der Waals surface area contributed by atoms with Gasteiger partial charge in [-0.3, -0.25) is 9.59 Å². The van der Waals surface area contributed by atoms with E-state index in [1.54, 1.807) is 6.07 Å². The number of ether oxygens (including phenoxy) is 1. The van der Waals surface area contributed by atoms with Crippen molar-refractivity contribution in [2.24, 2.45) is 5.92 Å². The number of halogens is 1. The van der Waals surface area contributed by atoms with E-state index < -0.39 is 0 Å². The first-order chi connectivity index (χ1) is 13.1. The number of pyridine rings is 1. The predicted molar refractivity (Wildman–Crippen MR) is 102 cm³/mol. The SMILES string of the molecule is O=C(NC1CCC(C(=O)NC2CC2)CC1)c1cnc(Cl)cc1NC1COC1. The van der Waals surface area contributed by atoms with E-state index >= 15 is 0 Å². The van der Waals surface area contributed by atoms with Gasteiger partial charge < -0.3 is 20.7 Å². The molecule has 3 fully saturated rings. The molecule has 0 aromatic carbocycles. The van der Waals surface area contributed by atoms with Crippen molar-refractivity contribution in [3.8, 4) is 0 Å². The maximum atomic E-state index is 12.8. The maximum Gasteiger partial charge on any atom is 0.255 e. The van der Waals surface area contributed by atoms with Crippen LogP contribution in [0.3, 0.4) is 0 Å². The summed E-state index contributed by atoms with van der Waals surface area (Å²) in [5, 5.41) is 9.81. The molecule has 0 unspecified atom stereocenters. The number of carbonyl (C=O) groups excluding carboxylic acids is 2. The Morgan fingerprint density at radius 2 is 1.67 bits per heavy atom. The molecule has 0 spiro atoms. The van der Waals surface area contributed by atoms with E-state index in [-0.39, 0.29) is 29.8 Å². The Morgan fingerprint density at radius 3 is 2.30 bits per heavy atom. The summed E-state index contributed by atoms with van der Waals surface area (Å²) in [5.41, 5.74) is 1.16. The third-order valence-electron chi connectivity index (χ3n) is 5.47. The zero-order chi connectivity index (χ0) is 18.8. The third-order valence-corrected chi connectivity index (χ3v) is 5.68. The van der Waals surface area contributed by atoms with Crippen molar-refractivity contribution in [2.75, 3.05) is 18.5 Å². The summed E-state index contributed by atoms with van der Waals surface area (Å²) in [7, 11) is 0. The summed E-state index contributed by atoms with van der Waals surface area (Å²) in [6.07, 6.45) is 6.97. The number of nitrogens with zero attached hydrogens (tertiary/aromatic N) is 1. The Morgan fingerprint density at radius 1 is 1.00 bits per heavy atom. The first-order valence-corrected chi connectivity index (χ1v) is 10.1. The third kappa shape index (κ3) is 4.71. The number of anilines is 1. The highest BCUT2D eigenvalue weighted by atomic mass is 35.5. The lowest BCUT2D eigenvalue weighted by molar-refractivity contribution is -0.126. The zero-order valence-electron chi connectivity index (χ0n) is 15.2. The van der Waals surface area contributed by atoms with Gasteiger partial charge in [-0.2, -0.15) is 0 Å². The maximum absolute atomic E-state index is 12.8. The molecule has 1 aromatic rings. The molecule has 27 heavy (non-hydrogen) atoms. The van der Waals surface area contributed by atoms with Crippen LogP contribution in [0.2, 0.25) is 5.15 Å². The Balaban J connectivity index is 1.32. The van der Waals surface area contributed by atoms with Crippen LogP contribution < -0.4 is 16.0 Å². The molecule has 2 saturated carbocycles. The lowest BCUT2D eigenvalue weighted by Crippen LogP contribution is -2.42. The molecule has 3 N–H and O–H groups in total. The topological polar surface area (TPSA) is 92.4 Å². The highest BCUT2D eigenvalue weighted by Crippen LogP contribution is 2.28. The molecule has 8 heteroatoms. The highest BCUT2D eigenvalue weighted by Gasteiger charge is 2.31. The second-order valence-corrected chi connectivity index (χ2v) is 8.12. The molecule has 1 saturated heterocycles. The fourth-order valence-corrected chi connectivity index (χ4v) is 3.74. The number of hydrogen-bond donors (Lipinski definition) is 3. The van der Waals surface area contributed by atoms with E-state index in [1.807, 2.05) is 0 Å². The minimum Gasteiger partial charge on any atom is -0.377 e. The van der Waals surface area contributed by atoms with Crippen LogP contribution in [0.5, 0.6) is 0 Å². The van der Waals surface area contributed by atoms with Crippen LogP contribution in [-0.2, 0) is 9.53 Å². The van der Waals surface area contributed by atoms with Gasteiger partial charge in [0.1, 0.15) is 5.15 Å². The van der Waals surface area contributed by atoms with E-state index in [1.165, 1.54) is 6.20 Å². The van der Waals surface area contributed by atoms with Crippen LogP contribution in [0.1, 0.15) is 48.9 Å². The van der Waals surface area contributed by atoms with Gasteiger partial charge in [-0.25, -0.2) is 4.98 Å². The summed E-state index contributed by atoms with van der Waals surface area (Å²) in [6, 6.07) is 2.35. The molecule has 2 aliphatic carbocycles. The molecule has 2 heterocycles. The van der Waals surface area contributed by atoms with Crippen LogP contribution in [0.25, 0.3) is 0 Å². The average Bonchev–Trinajstić information content (AvgIpc) is 3.42. The first kappa shape index (κ1) is 18.5. The first-order valence-electron chi connectivity index (χ1n) is 9.69. The number of nitrogens with one attached hydrogen (secondary N) is 3. The van der Waals surface area contributed by atoms with Gasteiger partial charge in [0.25, 0.3) is 5.91 Å². The number of amides is 2. The normalized spacial score (nSPS) is 25.4. The Bertz CT molecular complexity index is 713. The van der Waals surface area contributed by atoms with Gasteiger partial charge in [0.15, 0.2) is 0 Å². The Labute approximate surface area is 163 Å². The van der Waals surface area contributed by atoms with E-state index in [0.717, 1.165) is 38.5 Å². The van der Waals surface area contributed by atoms with E-state index in [0.29, 0.717) is 35.7 Å². The number of carbonyl (C=O) groups is 2. The molecule has 146 valence electrons. The molecule has 7 nitrogen and oxygen atoms in total. The van der Waals surface area contributed by atoms with E-state index in [4.69, 9.17) is 16.3 Å². The molecular weight excluding hydrogens is 368 g/mol. The minimum absolute atomic E-state index is 0.0757. The van der Waals surface area contributed by atoms with Gasteiger partial charge in [0.2, 0.25) is 5.91 Å². The molecule has 2 amide bonds. The van der Waals surface area contributed by atoms with Crippen LogP contribution in [0.15, 0.2) is 12.3 Å². The second-order valence-electron chi connectivity index (χ2n) is 7.74. The summed E-state index contributed by atoms with van der Waals surface area (Å²) >= 11 is 5.99. The molecule has 1 aromatic heterocycles. The molecule has 3 aliphatic rings. The summed E-state index contributed by atoms with van der Waals surface area (Å²) in [5.74, 6) is 0.0953. The lowest BCUT2D eigenvalue weighted by atomic mass is 9.85. The molecule has 0 bridgehead atoms. The van der Waals surface area contributed by atoms with Crippen LogP contribution in [0.4, 0.5) is 5.69 Å². The lowest BCUT2D eigenvalue weighted by Gasteiger charge is -2.30. The largest absolute Gasteiger partial charge is 0.377 e. The number of aromatic nitrogens is 1. The summed E-state index contributed by atoms with van der Waals surface area (Å²) in [6.45, 7) is 1.24. The minimum atomic E-state index is -0.159. The van der Waals surface area contributed by atoms with Crippen LogP contribution in [-0.4, -0.2) is 48.1 Å². The number of hydrogen-bond acceptors (Lipinski definition) is 5. The van der Waals surface area contributed by atoms with Crippen LogP contribution in [0, 0.1) is 5.92 Å². The molecule has 4 rings (SSSR count). The van der Waals surface area contributed by atoms with Crippen molar-refractivity contribution >= 4 is 29.1 Å². The quantitative estimate of drug-likeness (QED) is 0.645. The van der Waals surface area contributed by atoms with Gasteiger partial charge >= 0.3 is 0 Å². The smallest absolute Gasteiger partial charge is 0.255 e. The van der Waals surface area contributed by atoms with Crippen molar-refractivity contribution < 1.29 is 14.3 Å². The van der Waals surface area contributed by atoms with Crippen molar-refractivity contribution in [2.45, 2.75) is 56.7 Å². The van der Waals surface area contributed by atoms with Crippen molar-refractivity contribution in [1.29, 1.82) is 0 Å². The van der Waals surface area contributed by atoms with Crippen molar-refractivity contribution in [1.82, 2.24) is 15.6 Å². The molecule has 0 radical (unpaired) electrons. The average molecular weight is 393 g/mol. The molecule has 0 atom stereocenters. The van der Waals surface area contributed by atoms with Crippen LogP contribution >= 0.6 is 11.6 Å².